The monoisotopic (exact) mass is 345 g/mol. The molecule has 0 unspecified atom stereocenters. The van der Waals surface area contributed by atoms with Crippen molar-refractivity contribution in [2.24, 2.45) is 0 Å². The Bertz CT molecular complexity index is 491. The van der Waals surface area contributed by atoms with Crippen LogP contribution in [-0.4, -0.2) is 68.3 Å². The van der Waals surface area contributed by atoms with E-state index in [9.17, 15) is 24.0 Å². The Morgan fingerprint density at radius 2 is 1.71 bits per heavy atom. The van der Waals surface area contributed by atoms with E-state index in [1.807, 2.05) is 0 Å². The van der Waals surface area contributed by atoms with E-state index in [1.165, 1.54) is 7.11 Å². The molecule has 4 amide bonds. The highest BCUT2D eigenvalue weighted by Gasteiger charge is 2.33. The van der Waals surface area contributed by atoms with E-state index in [1.54, 1.807) is 0 Å². The minimum absolute atomic E-state index is 0.0368. The minimum atomic E-state index is -1.07. The molecular weight excluding hydrogens is 326 g/mol. The lowest BCUT2D eigenvalue weighted by Gasteiger charge is -2.12. The van der Waals surface area contributed by atoms with Gasteiger partial charge in [0, 0.05) is 20.0 Å². The first-order chi connectivity index (χ1) is 11.4. The molecule has 11 nitrogen and oxygen atoms in total. The van der Waals surface area contributed by atoms with Gasteiger partial charge in [-0.1, -0.05) is 0 Å². The normalized spacial score (nSPS) is 13.8. The second-order valence-electron chi connectivity index (χ2n) is 4.64. The highest BCUT2D eigenvalue weighted by atomic mass is 16.7. The van der Waals surface area contributed by atoms with Crippen molar-refractivity contribution >= 4 is 29.6 Å². The van der Waals surface area contributed by atoms with Crippen LogP contribution in [0.5, 0.6) is 0 Å². The quantitative estimate of drug-likeness (QED) is 0.197. The summed E-state index contributed by atoms with van der Waals surface area (Å²) in [6, 6.07) is 0. The average Bonchev–Trinajstić information content (AvgIpc) is 2.84. The number of hydrogen-bond donors (Lipinski definition) is 2. The minimum Gasteiger partial charge on any atom is -0.382 e. The molecule has 0 aromatic carbocycles. The Morgan fingerprint density at radius 3 is 2.33 bits per heavy atom. The third-order valence-corrected chi connectivity index (χ3v) is 2.75. The predicted molar refractivity (Wildman–Crippen MR) is 75.6 cm³/mol. The van der Waals surface area contributed by atoms with Crippen molar-refractivity contribution < 1.29 is 38.3 Å². The SMILES string of the molecule is COCCOCNC(=O)CNC(=O)CC(=O)ON1C(=O)CCC1=O. The van der Waals surface area contributed by atoms with E-state index in [0.717, 1.165) is 0 Å². The van der Waals surface area contributed by atoms with Gasteiger partial charge in [0.25, 0.3) is 11.8 Å². The Balaban J connectivity index is 2.16. The smallest absolute Gasteiger partial charge is 0.342 e. The first kappa shape index (κ1) is 19.5. The second kappa shape index (κ2) is 10.3. The molecule has 1 heterocycles. The summed E-state index contributed by atoms with van der Waals surface area (Å²) in [7, 11) is 1.51. The summed E-state index contributed by atoms with van der Waals surface area (Å²) in [5.41, 5.74) is 0. The Morgan fingerprint density at radius 1 is 1.04 bits per heavy atom. The molecule has 24 heavy (non-hydrogen) atoms. The van der Waals surface area contributed by atoms with Crippen LogP contribution in [0.15, 0.2) is 0 Å². The van der Waals surface area contributed by atoms with Crippen LogP contribution in [0.25, 0.3) is 0 Å². The van der Waals surface area contributed by atoms with Gasteiger partial charge in [0.15, 0.2) is 0 Å². The molecule has 1 saturated heterocycles. The molecule has 0 bridgehead atoms. The van der Waals surface area contributed by atoms with Crippen molar-refractivity contribution in [3.05, 3.63) is 0 Å². The van der Waals surface area contributed by atoms with E-state index >= 15 is 0 Å². The number of rotatable bonds is 10. The van der Waals surface area contributed by atoms with Crippen molar-refractivity contribution in [3.63, 3.8) is 0 Å². The molecule has 1 aliphatic heterocycles. The van der Waals surface area contributed by atoms with Gasteiger partial charge >= 0.3 is 5.97 Å². The number of methoxy groups -OCH3 is 1. The van der Waals surface area contributed by atoms with Gasteiger partial charge in [-0.05, 0) is 0 Å². The summed E-state index contributed by atoms with van der Waals surface area (Å²) >= 11 is 0. The lowest BCUT2D eigenvalue weighted by molar-refractivity contribution is -0.197. The fourth-order valence-electron chi connectivity index (χ4n) is 1.57. The summed E-state index contributed by atoms with van der Waals surface area (Å²) < 4.78 is 9.74. The molecule has 2 N–H and O–H groups in total. The fourth-order valence-corrected chi connectivity index (χ4v) is 1.57. The van der Waals surface area contributed by atoms with Gasteiger partial charge in [-0.15, -0.1) is 5.06 Å². The van der Waals surface area contributed by atoms with E-state index in [-0.39, 0.29) is 26.1 Å². The number of nitrogens with zero attached hydrogens (tertiary/aromatic N) is 1. The van der Waals surface area contributed by atoms with Crippen LogP contribution in [0.1, 0.15) is 19.3 Å². The summed E-state index contributed by atoms with van der Waals surface area (Å²) in [5.74, 6) is -3.64. The topological polar surface area (TPSA) is 140 Å². The maximum Gasteiger partial charge on any atom is 0.342 e. The van der Waals surface area contributed by atoms with Crippen molar-refractivity contribution in [2.75, 3.05) is 33.6 Å². The number of hydroxylamine groups is 2. The molecule has 1 rings (SSSR count). The van der Waals surface area contributed by atoms with E-state index in [4.69, 9.17) is 9.47 Å². The number of carbonyl (C=O) groups excluding carboxylic acids is 5. The molecule has 134 valence electrons. The molecule has 0 atom stereocenters. The fraction of sp³-hybridized carbons (Fsp3) is 0.615. The number of imide groups is 1. The van der Waals surface area contributed by atoms with Crippen LogP contribution < -0.4 is 10.6 Å². The van der Waals surface area contributed by atoms with Crippen LogP contribution >= 0.6 is 0 Å². The third kappa shape index (κ3) is 7.15. The third-order valence-electron chi connectivity index (χ3n) is 2.75. The number of amides is 4. The van der Waals surface area contributed by atoms with Crippen molar-refractivity contribution in [2.45, 2.75) is 19.3 Å². The highest BCUT2D eigenvalue weighted by Crippen LogP contribution is 2.12. The van der Waals surface area contributed by atoms with Gasteiger partial charge in [-0.2, -0.15) is 0 Å². The van der Waals surface area contributed by atoms with E-state index in [0.29, 0.717) is 18.3 Å². The van der Waals surface area contributed by atoms with E-state index < -0.39 is 36.0 Å². The number of ether oxygens (including phenoxy) is 2. The molecule has 0 aliphatic carbocycles. The molecule has 1 fully saturated rings. The van der Waals surface area contributed by atoms with Crippen LogP contribution in [0.3, 0.4) is 0 Å². The summed E-state index contributed by atoms with van der Waals surface area (Å²) in [4.78, 5) is 61.3. The molecule has 0 radical (unpaired) electrons. The van der Waals surface area contributed by atoms with Crippen LogP contribution in [0.2, 0.25) is 0 Å². The molecule has 0 aromatic heterocycles. The second-order valence-corrected chi connectivity index (χ2v) is 4.64. The zero-order valence-corrected chi connectivity index (χ0v) is 13.2. The van der Waals surface area contributed by atoms with Gasteiger partial charge in [0.05, 0.1) is 19.8 Å². The van der Waals surface area contributed by atoms with Gasteiger partial charge in [-0.25, -0.2) is 4.79 Å². The summed E-state index contributed by atoms with van der Waals surface area (Å²) in [6.07, 6.45) is -0.801. The van der Waals surface area contributed by atoms with E-state index in [2.05, 4.69) is 15.5 Å². The molecule has 1 aliphatic rings. The maximum atomic E-state index is 11.5. The van der Waals surface area contributed by atoms with Gasteiger partial charge in [0.1, 0.15) is 13.2 Å². The van der Waals surface area contributed by atoms with Gasteiger partial charge in [0.2, 0.25) is 11.8 Å². The predicted octanol–water partition coefficient (Wildman–Crippen LogP) is -2.16. The molecule has 11 heteroatoms. The Hall–Kier alpha value is -2.53. The molecule has 0 saturated carbocycles. The lowest BCUT2D eigenvalue weighted by atomic mass is 10.4. The molecule has 0 spiro atoms. The lowest BCUT2D eigenvalue weighted by Crippen LogP contribution is -2.39. The Labute approximate surface area is 137 Å². The summed E-state index contributed by atoms with van der Waals surface area (Å²) in [5, 5.41) is 4.91. The number of hydrogen-bond acceptors (Lipinski definition) is 8. The maximum absolute atomic E-state index is 11.5. The molecular formula is C13H19N3O8. The van der Waals surface area contributed by atoms with Crippen LogP contribution in [0, 0.1) is 0 Å². The highest BCUT2D eigenvalue weighted by molar-refractivity contribution is 6.02. The Kier molecular flexibility index (Phi) is 8.36. The van der Waals surface area contributed by atoms with Crippen molar-refractivity contribution in [1.82, 2.24) is 15.7 Å². The summed E-state index contributed by atoms with van der Waals surface area (Å²) in [6.45, 7) is 0.292. The number of nitrogens with one attached hydrogen (secondary N) is 2. The zero-order chi connectivity index (χ0) is 17.9. The van der Waals surface area contributed by atoms with Gasteiger partial charge < -0.3 is 24.9 Å². The van der Waals surface area contributed by atoms with Gasteiger partial charge in [-0.3, -0.25) is 19.2 Å². The average molecular weight is 345 g/mol. The first-order valence-electron chi connectivity index (χ1n) is 7.10. The number of carbonyl (C=O) groups is 5. The van der Waals surface area contributed by atoms with Crippen molar-refractivity contribution in [1.29, 1.82) is 0 Å². The zero-order valence-electron chi connectivity index (χ0n) is 13.2. The standard InChI is InChI=1S/C13H19N3O8/c1-22-4-5-23-8-15-10(18)7-14-9(17)6-13(21)24-16-11(19)2-3-12(16)20/h2-8H2,1H3,(H,14,17)(H,15,18). The van der Waals surface area contributed by atoms with Crippen molar-refractivity contribution in [3.8, 4) is 0 Å². The first-order valence-corrected chi connectivity index (χ1v) is 7.10. The molecule has 0 aromatic rings. The van der Waals surface area contributed by atoms with Crippen LogP contribution in [0.4, 0.5) is 0 Å². The largest absolute Gasteiger partial charge is 0.382 e. The van der Waals surface area contributed by atoms with Crippen LogP contribution in [-0.2, 0) is 38.3 Å².